The van der Waals surface area contributed by atoms with E-state index < -0.39 is 0 Å². The number of ether oxygens (including phenoxy) is 2. The summed E-state index contributed by atoms with van der Waals surface area (Å²) in [6.45, 7) is 8.40. The number of carbonyl (C=O) groups is 1. The molecule has 1 aliphatic rings. The first-order valence-corrected chi connectivity index (χ1v) is 8.41. The number of cyclic esters (lactones) is 1. The molecule has 2 atom stereocenters. The molecule has 3 rings (SSSR count). The Morgan fingerprint density at radius 1 is 1.12 bits per heavy atom. The first-order chi connectivity index (χ1) is 12.0. The zero-order valence-electron chi connectivity index (χ0n) is 14.8. The Labute approximate surface area is 148 Å². The lowest BCUT2D eigenvalue weighted by Gasteiger charge is -2.28. The van der Waals surface area contributed by atoms with Crippen LogP contribution in [0, 0.1) is 5.92 Å². The Bertz CT molecular complexity index is 752. The van der Waals surface area contributed by atoms with Crippen molar-refractivity contribution >= 4 is 17.4 Å². The van der Waals surface area contributed by atoms with Gasteiger partial charge in [-0.2, -0.15) is 0 Å². The van der Waals surface area contributed by atoms with Crippen LogP contribution in [0.5, 0.6) is 5.75 Å². The Kier molecular flexibility index (Phi) is 4.79. The molecule has 0 spiro atoms. The molecular formula is C21H23NO3. The van der Waals surface area contributed by atoms with Gasteiger partial charge in [0.2, 0.25) is 0 Å². The number of anilines is 1. The summed E-state index contributed by atoms with van der Waals surface area (Å²) in [5.41, 5.74) is 2.66. The van der Waals surface area contributed by atoms with Crippen molar-refractivity contribution in [2.45, 2.75) is 26.0 Å². The average Bonchev–Trinajstić information content (AvgIpc) is 2.99. The van der Waals surface area contributed by atoms with Crippen molar-refractivity contribution in [1.29, 1.82) is 0 Å². The first-order valence-electron chi connectivity index (χ1n) is 8.41. The van der Waals surface area contributed by atoms with Gasteiger partial charge in [-0.1, -0.05) is 50.8 Å². The van der Waals surface area contributed by atoms with Gasteiger partial charge in [0, 0.05) is 5.69 Å². The molecule has 0 radical (unpaired) electrons. The molecule has 0 saturated carbocycles. The lowest BCUT2D eigenvalue weighted by Crippen LogP contribution is -2.39. The van der Waals surface area contributed by atoms with Crippen molar-refractivity contribution in [3.8, 4) is 5.75 Å². The Morgan fingerprint density at radius 2 is 1.76 bits per heavy atom. The van der Waals surface area contributed by atoms with E-state index in [0.717, 1.165) is 22.6 Å². The molecule has 1 aliphatic heterocycles. The van der Waals surface area contributed by atoms with Crippen LogP contribution in [0.4, 0.5) is 10.5 Å². The minimum absolute atomic E-state index is 0.178. The number of amides is 1. The molecular weight excluding hydrogens is 314 g/mol. The van der Waals surface area contributed by atoms with Crippen molar-refractivity contribution in [2.24, 2.45) is 5.92 Å². The summed E-state index contributed by atoms with van der Waals surface area (Å²) in [4.78, 5) is 14.3. The van der Waals surface area contributed by atoms with Gasteiger partial charge in [-0.25, -0.2) is 4.79 Å². The lowest BCUT2D eigenvalue weighted by atomic mass is 9.90. The Balaban J connectivity index is 2.01. The summed E-state index contributed by atoms with van der Waals surface area (Å²) in [6.07, 6.45) is -0.590. The minimum atomic E-state index is -0.342. The molecule has 4 nitrogen and oxygen atoms in total. The second-order valence-electron chi connectivity index (χ2n) is 6.50. The molecule has 2 aromatic rings. The molecule has 0 unspecified atom stereocenters. The van der Waals surface area contributed by atoms with E-state index >= 15 is 0 Å². The van der Waals surface area contributed by atoms with Crippen LogP contribution in [0.3, 0.4) is 0 Å². The number of rotatable bonds is 5. The SMILES string of the molecule is C=C(c1ccccc1)[C@H]1[C@H](C(C)C)OC(=O)N1c1ccc(OC)cc1. The number of benzene rings is 2. The topological polar surface area (TPSA) is 38.8 Å². The van der Waals surface area contributed by atoms with E-state index in [1.54, 1.807) is 12.0 Å². The molecule has 1 heterocycles. The second-order valence-corrected chi connectivity index (χ2v) is 6.50. The van der Waals surface area contributed by atoms with E-state index in [0.29, 0.717) is 0 Å². The van der Waals surface area contributed by atoms with Gasteiger partial charge in [0.1, 0.15) is 17.9 Å². The van der Waals surface area contributed by atoms with Gasteiger partial charge in [0.25, 0.3) is 0 Å². The summed E-state index contributed by atoms with van der Waals surface area (Å²) in [5.74, 6) is 0.924. The maximum atomic E-state index is 12.6. The first kappa shape index (κ1) is 17.1. The van der Waals surface area contributed by atoms with Crippen molar-refractivity contribution in [1.82, 2.24) is 0 Å². The fourth-order valence-corrected chi connectivity index (χ4v) is 3.18. The highest BCUT2D eigenvalue weighted by atomic mass is 16.6. The van der Waals surface area contributed by atoms with Crippen molar-refractivity contribution in [3.63, 3.8) is 0 Å². The van der Waals surface area contributed by atoms with Crippen LogP contribution >= 0.6 is 0 Å². The highest BCUT2D eigenvalue weighted by Crippen LogP contribution is 2.37. The highest BCUT2D eigenvalue weighted by Gasteiger charge is 2.45. The van der Waals surface area contributed by atoms with Crippen molar-refractivity contribution in [3.05, 3.63) is 66.7 Å². The largest absolute Gasteiger partial charge is 0.497 e. The third kappa shape index (κ3) is 3.25. The van der Waals surface area contributed by atoms with Gasteiger partial charge in [-0.15, -0.1) is 0 Å². The van der Waals surface area contributed by atoms with E-state index in [4.69, 9.17) is 9.47 Å². The normalized spacial score (nSPS) is 19.8. The Morgan fingerprint density at radius 3 is 2.32 bits per heavy atom. The molecule has 1 saturated heterocycles. The molecule has 1 amide bonds. The maximum Gasteiger partial charge on any atom is 0.415 e. The number of methoxy groups -OCH3 is 1. The smallest absolute Gasteiger partial charge is 0.415 e. The molecule has 1 fully saturated rings. The molecule has 2 aromatic carbocycles. The third-order valence-corrected chi connectivity index (χ3v) is 4.53. The van der Waals surface area contributed by atoms with E-state index in [1.807, 2.05) is 54.6 Å². The Hall–Kier alpha value is -2.75. The molecule has 4 heteroatoms. The highest BCUT2D eigenvalue weighted by molar-refractivity contribution is 5.95. The second kappa shape index (κ2) is 7.01. The number of hydrogen-bond acceptors (Lipinski definition) is 3. The fraction of sp³-hybridized carbons (Fsp3) is 0.286. The lowest BCUT2D eigenvalue weighted by molar-refractivity contribution is 0.109. The molecule has 0 bridgehead atoms. The van der Waals surface area contributed by atoms with Crippen molar-refractivity contribution < 1.29 is 14.3 Å². The minimum Gasteiger partial charge on any atom is -0.497 e. The van der Waals surface area contributed by atoms with Gasteiger partial charge in [0.15, 0.2) is 0 Å². The predicted molar refractivity (Wildman–Crippen MR) is 99.8 cm³/mol. The van der Waals surface area contributed by atoms with Crippen LogP contribution in [-0.2, 0) is 4.74 Å². The molecule has 0 N–H and O–H groups in total. The zero-order valence-corrected chi connectivity index (χ0v) is 14.8. The number of carbonyl (C=O) groups excluding carboxylic acids is 1. The zero-order chi connectivity index (χ0) is 18.0. The third-order valence-electron chi connectivity index (χ3n) is 4.53. The molecule has 0 aliphatic carbocycles. The van der Waals surface area contributed by atoms with Gasteiger partial charge < -0.3 is 9.47 Å². The summed E-state index contributed by atoms with van der Waals surface area (Å²) in [5, 5.41) is 0. The van der Waals surface area contributed by atoms with E-state index in [2.05, 4.69) is 20.4 Å². The molecule has 130 valence electrons. The monoisotopic (exact) mass is 337 g/mol. The molecule has 0 aromatic heterocycles. The van der Waals surface area contributed by atoms with Gasteiger partial charge in [-0.05, 0) is 41.3 Å². The quantitative estimate of drug-likeness (QED) is 0.790. The fourth-order valence-electron chi connectivity index (χ4n) is 3.18. The van der Waals surface area contributed by atoms with Crippen molar-refractivity contribution in [2.75, 3.05) is 12.0 Å². The van der Waals surface area contributed by atoms with Crippen LogP contribution in [0.1, 0.15) is 19.4 Å². The van der Waals surface area contributed by atoms with E-state index in [9.17, 15) is 4.79 Å². The van der Waals surface area contributed by atoms with Crippen LogP contribution in [0.2, 0.25) is 0 Å². The van der Waals surface area contributed by atoms with Gasteiger partial charge in [0.05, 0.1) is 7.11 Å². The number of hydrogen-bond donors (Lipinski definition) is 0. The van der Waals surface area contributed by atoms with Crippen LogP contribution < -0.4 is 9.64 Å². The summed E-state index contributed by atoms with van der Waals surface area (Å²) in [6, 6.07) is 17.1. The summed E-state index contributed by atoms with van der Waals surface area (Å²) < 4.78 is 10.9. The standard InChI is InChI=1S/C21H23NO3/c1-14(2)20-19(15(3)16-8-6-5-7-9-16)22(21(23)25-20)17-10-12-18(24-4)13-11-17/h5-14,19-20H,3H2,1-2,4H3/t19-,20-/m0/s1. The van der Waals surface area contributed by atoms with E-state index in [-0.39, 0.29) is 24.2 Å². The summed E-state index contributed by atoms with van der Waals surface area (Å²) >= 11 is 0. The predicted octanol–water partition coefficient (Wildman–Crippen LogP) is 4.76. The maximum absolute atomic E-state index is 12.6. The average molecular weight is 337 g/mol. The van der Waals surface area contributed by atoms with Gasteiger partial charge >= 0.3 is 6.09 Å². The summed E-state index contributed by atoms with van der Waals surface area (Å²) in [7, 11) is 1.62. The van der Waals surface area contributed by atoms with Crippen LogP contribution in [0.25, 0.3) is 5.57 Å². The van der Waals surface area contributed by atoms with Gasteiger partial charge in [-0.3, -0.25) is 4.90 Å². The number of nitrogens with zero attached hydrogens (tertiary/aromatic N) is 1. The molecule has 25 heavy (non-hydrogen) atoms. The van der Waals surface area contributed by atoms with E-state index in [1.165, 1.54) is 0 Å². The van der Waals surface area contributed by atoms with Crippen LogP contribution in [0.15, 0.2) is 61.2 Å². The van der Waals surface area contributed by atoms with Crippen LogP contribution in [-0.4, -0.2) is 25.3 Å².